The van der Waals surface area contributed by atoms with E-state index in [1.54, 1.807) is 0 Å². The Morgan fingerprint density at radius 3 is 3.00 bits per heavy atom. The van der Waals surface area contributed by atoms with Crippen molar-refractivity contribution in [3.63, 3.8) is 0 Å². The van der Waals surface area contributed by atoms with E-state index in [0.29, 0.717) is 11.8 Å². The molecule has 104 valence electrons. The van der Waals surface area contributed by atoms with E-state index < -0.39 is 0 Å². The number of benzene rings is 1. The van der Waals surface area contributed by atoms with E-state index in [4.69, 9.17) is 4.52 Å². The second kappa shape index (κ2) is 4.70. The molecule has 1 aromatic carbocycles. The van der Waals surface area contributed by atoms with Crippen LogP contribution in [0, 0.1) is 5.92 Å². The maximum Gasteiger partial charge on any atom is 0.244 e. The van der Waals surface area contributed by atoms with Gasteiger partial charge in [-0.25, -0.2) is 0 Å². The van der Waals surface area contributed by atoms with Gasteiger partial charge in [-0.15, -0.1) is 0 Å². The number of hydrogen-bond donors (Lipinski definition) is 1. The summed E-state index contributed by atoms with van der Waals surface area (Å²) in [6.45, 7) is 3.27. The molecule has 4 rings (SSSR count). The Morgan fingerprint density at radius 1 is 1.25 bits per heavy atom. The van der Waals surface area contributed by atoms with E-state index in [1.165, 1.54) is 17.5 Å². The molecule has 20 heavy (non-hydrogen) atoms. The van der Waals surface area contributed by atoms with Crippen LogP contribution < -0.4 is 5.32 Å². The molecule has 0 saturated carbocycles. The Kier molecular flexibility index (Phi) is 2.84. The molecular weight excluding hydrogens is 250 g/mol. The Balaban J connectivity index is 1.63. The first-order valence-electron chi connectivity index (χ1n) is 7.47. The van der Waals surface area contributed by atoms with Crippen LogP contribution in [0.15, 0.2) is 28.8 Å². The highest BCUT2D eigenvalue weighted by molar-refractivity contribution is 5.38. The molecule has 4 nitrogen and oxygen atoms in total. The number of rotatable bonds is 2. The smallest absolute Gasteiger partial charge is 0.244 e. The highest BCUT2D eigenvalue weighted by atomic mass is 16.5. The van der Waals surface area contributed by atoms with Gasteiger partial charge >= 0.3 is 0 Å². The van der Waals surface area contributed by atoms with Crippen LogP contribution in [0.5, 0.6) is 0 Å². The molecule has 0 spiro atoms. The Bertz CT molecular complexity index is 622. The van der Waals surface area contributed by atoms with Crippen LogP contribution in [-0.4, -0.2) is 16.7 Å². The van der Waals surface area contributed by atoms with Crippen molar-refractivity contribution in [2.75, 3.05) is 6.54 Å². The monoisotopic (exact) mass is 269 g/mol. The number of hydrogen-bond acceptors (Lipinski definition) is 4. The van der Waals surface area contributed by atoms with Gasteiger partial charge in [-0.3, -0.25) is 0 Å². The van der Waals surface area contributed by atoms with Crippen LogP contribution in [0.4, 0.5) is 0 Å². The van der Waals surface area contributed by atoms with E-state index in [1.807, 2.05) is 0 Å². The first kappa shape index (κ1) is 12.1. The number of aryl methyl sites for hydroxylation is 1. The Labute approximate surface area is 118 Å². The number of aromatic nitrogens is 2. The summed E-state index contributed by atoms with van der Waals surface area (Å²) in [4.78, 5) is 4.68. The third-order valence-electron chi connectivity index (χ3n) is 4.70. The third kappa shape index (κ3) is 1.86. The average Bonchev–Trinajstić information content (AvgIpc) is 3.15. The van der Waals surface area contributed by atoms with Gasteiger partial charge in [0.15, 0.2) is 5.82 Å². The summed E-state index contributed by atoms with van der Waals surface area (Å²) >= 11 is 0. The van der Waals surface area contributed by atoms with Gasteiger partial charge in [0.25, 0.3) is 0 Å². The van der Waals surface area contributed by atoms with Crippen molar-refractivity contribution in [2.45, 2.75) is 38.1 Å². The van der Waals surface area contributed by atoms with Crippen LogP contribution in [-0.2, 0) is 6.42 Å². The van der Waals surface area contributed by atoms with Crippen LogP contribution in [0.25, 0.3) is 0 Å². The molecule has 4 heteroatoms. The van der Waals surface area contributed by atoms with Crippen LogP contribution >= 0.6 is 0 Å². The lowest BCUT2D eigenvalue weighted by molar-refractivity contribution is 0.316. The molecule has 1 aromatic heterocycles. The summed E-state index contributed by atoms with van der Waals surface area (Å²) in [5, 5.41) is 7.70. The lowest BCUT2D eigenvalue weighted by Crippen LogP contribution is -2.17. The van der Waals surface area contributed by atoms with E-state index in [2.05, 4.69) is 46.6 Å². The van der Waals surface area contributed by atoms with Crippen molar-refractivity contribution in [1.82, 2.24) is 15.5 Å². The minimum atomic E-state index is 0.230. The van der Waals surface area contributed by atoms with Gasteiger partial charge in [-0.2, -0.15) is 4.98 Å². The quantitative estimate of drug-likeness (QED) is 0.910. The maximum atomic E-state index is 5.52. The molecule has 1 saturated heterocycles. The molecule has 2 heterocycles. The Morgan fingerprint density at radius 2 is 2.15 bits per heavy atom. The second-order valence-corrected chi connectivity index (χ2v) is 5.98. The maximum absolute atomic E-state index is 5.52. The SMILES string of the molecule is CC1CCNC1c1nc(C2CCc3ccccc32)no1. The fraction of sp³-hybridized carbons (Fsp3) is 0.500. The molecule has 1 aliphatic carbocycles. The number of nitrogens with one attached hydrogen (secondary N) is 1. The standard InChI is InChI=1S/C16H19N3O/c1-10-8-9-17-14(10)16-18-15(19-20-16)13-7-6-11-4-2-3-5-12(11)13/h2-5,10,13-14,17H,6-9H2,1H3. The van der Waals surface area contributed by atoms with E-state index in [-0.39, 0.29) is 6.04 Å². The number of nitrogens with zero attached hydrogens (tertiary/aromatic N) is 2. The van der Waals surface area contributed by atoms with Crippen LogP contribution in [0.2, 0.25) is 0 Å². The minimum Gasteiger partial charge on any atom is -0.338 e. The summed E-state index contributed by atoms with van der Waals surface area (Å²) in [6, 6.07) is 8.83. The van der Waals surface area contributed by atoms with Crippen LogP contribution in [0.3, 0.4) is 0 Å². The van der Waals surface area contributed by atoms with Crippen molar-refractivity contribution < 1.29 is 4.52 Å². The van der Waals surface area contributed by atoms with E-state index in [9.17, 15) is 0 Å². The summed E-state index contributed by atoms with van der Waals surface area (Å²) in [7, 11) is 0. The first-order chi connectivity index (χ1) is 9.83. The lowest BCUT2D eigenvalue weighted by Gasteiger charge is -2.09. The highest BCUT2D eigenvalue weighted by Gasteiger charge is 2.32. The van der Waals surface area contributed by atoms with E-state index >= 15 is 0 Å². The molecule has 2 aromatic rings. The lowest BCUT2D eigenvalue weighted by atomic mass is 10.0. The zero-order chi connectivity index (χ0) is 13.5. The topological polar surface area (TPSA) is 51.0 Å². The predicted molar refractivity (Wildman–Crippen MR) is 75.4 cm³/mol. The normalized spacial score (nSPS) is 28.8. The molecular formula is C16H19N3O. The molecule has 3 atom stereocenters. The minimum absolute atomic E-state index is 0.230. The highest BCUT2D eigenvalue weighted by Crippen LogP contribution is 2.37. The summed E-state index contributed by atoms with van der Waals surface area (Å²) in [5.74, 6) is 2.49. The molecule has 0 bridgehead atoms. The van der Waals surface area contributed by atoms with Gasteiger partial charge in [0.05, 0.1) is 6.04 Å². The van der Waals surface area contributed by atoms with Crippen molar-refractivity contribution in [3.05, 3.63) is 47.1 Å². The van der Waals surface area contributed by atoms with Crippen molar-refractivity contribution in [2.24, 2.45) is 5.92 Å². The molecule has 1 N–H and O–H groups in total. The molecule has 2 aliphatic rings. The number of fused-ring (bicyclic) bond motifs is 1. The molecule has 0 radical (unpaired) electrons. The van der Waals surface area contributed by atoms with Crippen molar-refractivity contribution >= 4 is 0 Å². The fourth-order valence-corrected chi connectivity index (χ4v) is 3.51. The van der Waals surface area contributed by atoms with E-state index in [0.717, 1.165) is 31.1 Å². The van der Waals surface area contributed by atoms with Gasteiger partial charge in [0.2, 0.25) is 5.89 Å². The van der Waals surface area contributed by atoms with Gasteiger partial charge in [0, 0.05) is 5.92 Å². The second-order valence-electron chi connectivity index (χ2n) is 5.98. The zero-order valence-corrected chi connectivity index (χ0v) is 11.7. The zero-order valence-electron chi connectivity index (χ0n) is 11.7. The third-order valence-corrected chi connectivity index (χ3v) is 4.70. The van der Waals surface area contributed by atoms with Gasteiger partial charge in [-0.05, 0) is 42.9 Å². The molecule has 3 unspecified atom stereocenters. The fourth-order valence-electron chi connectivity index (χ4n) is 3.51. The largest absolute Gasteiger partial charge is 0.338 e. The van der Waals surface area contributed by atoms with Crippen LogP contribution in [0.1, 0.15) is 54.6 Å². The first-order valence-corrected chi connectivity index (χ1v) is 7.47. The molecule has 1 aliphatic heterocycles. The summed E-state index contributed by atoms with van der Waals surface area (Å²) in [5.41, 5.74) is 2.79. The predicted octanol–water partition coefficient (Wildman–Crippen LogP) is 2.82. The molecule has 0 amide bonds. The van der Waals surface area contributed by atoms with Gasteiger partial charge in [-0.1, -0.05) is 36.3 Å². The van der Waals surface area contributed by atoms with Gasteiger partial charge < -0.3 is 9.84 Å². The average molecular weight is 269 g/mol. The van der Waals surface area contributed by atoms with Gasteiger partial charge in [0.1, 0.15) is 0 Å². The summed E-state index contributed by atoms with van der Waals surface area (Å²) < 4.78 is 5.52. The van der Waals surface area contributed by atoms with Crippen molar-refractivity contribution in [3.8, 4) is 0 Å². The van der Waals surface area contributed by atoms with Crippen molar-refractivity contribution in [1.29, 1.82) is 0 Å². The molecule has 1 fully saturated rings. The Hall–Kier alpha value is -1.68. The summed E-state index contributed by atoms with van der Waals surface area (Å²) in [6.07, 6.45) is 3.38.